The Hall–Kier alpha value is -1.72. The van der Waals surface area contributed by atoms with Crippen LogP contribution >= 0.6 is 11.8 Å². The lowest BCUT2D eigenvalue weighted by Crippen LogP contribution is -2.20. The Morgan fingerprint density at radius 1 is 1.20 bits per heavy atom. The van der Waals surface area contributed by atoms with E-state index in [-0.39, 0.29) is 12.4 Å². The van der Waals surface area contributed by atoms with Crippen LogP contribution in [0, 0.1) is 5.82 Å². The summed E-state index contributed by atoms with van der Waals surface area (Å²) < 4.78 is 18.4. The standard InChI is InChI=1S/C15H16FNO2S/c16-11-3-1-6-15(7-11)20-10-13(18)9-19-14-5-2-4-12(17)8-14/h1-8,13,18H,9-10,17H2. The van der Waals surface area contributed by atoms with Gasteiger partial charge in [-0.25, -0.2) is 4.39 Å². The van der Waals surface area contributed by atoms with Crippen LogP contribution < -0.4 is 10.5 Å². The van der Waals surface area contributed by atoms with Crippen LogP contribution in [-0.4, -0.2) is 23.6 Å². The average Bonchev–Trinajstić information content (AvgIpc) is 2.43. The molecule has 3 nitrogen and oxygen atoms in total. The normalized spacial score (nSPS) is 12.1. The van der Waals surface area contributed by atoms with Crippen molar-refractivity contribution < 1.29 is 14.2 Å². The summed E-state index contributed by atoms with van der Waals surface area (Å²) in [6.45, 7) is 0.172. The summed E-state index contributed by atoms with van der Waals surface area (Å²) in [6, 6.07) is 13.3. The summed E-state index contributed by atoms with van der Waals surface area (Å²) in [6.07, 6.45) is -0.635. The highest BCUT2D eigenvalue weighted by Crippen LogP contribution is 2.20. The Morgan fingerprint density at radius 2 is 2.00 bits per heavy atom. The van der Waals surface area contributed by atoms with E-state index in [9.17, 15) is 9.50 Å². The fraction of sp³-hybridized carbons (Fsp3) is 0.200. The van der Waals surface area contributed by atoms with Crippen LogP contribution in [-0.2, 0) is 0 Å². The molecule has 106 valence electrons. The molecule has 0 aliphatic heterocycles. The lowest BCUT2D eigenvalue weighted by atomic mass is 10.3. The molecule has 0 heterocycles. The number of halogens is 1. The molecule has 2 rings (SSSR count). The number of aliphatic hydroxyl groups is 1. The average molecular weight is 293 g/mol. The first-order chi connectivity index (χ1) is 9.63. The Morgan fingerprint density at radius 3 is 2.75 bits per heavy atom. The first-order valence-electron chi connectivity index (χ1n) is 6.18. The van der Waals surface area contributed by atoms with E-state index in [0.717, 1.165) is 4.90 Å². The van der Waals surface area contributed by atoms with Crippen LogP contribution in [0.15, 0.2) is 53.4 Å². The van der Waals surface area contributed by atoms with Gasteiger partial charge in [-0.2, -0.15) is 0 Å². The molecule has 3 N–H and O–H groups in total. The number of nitrogens with two attached hydrogens (primary N) is 1. The maximum Gasteiger partial charge on any atom is 0.124 e. The second kappa shape index (κ2) is 7.17. The summed E-state index contributed by atoms with van der Waals surface area (Å²) in [5.41, 5.74) is 6.25. The van der Waals surface area contributed by atoms with Crippen LogP contribution in [0.3, 0.4) is 0 Å². The highest BCUT2D eigenvalue weighted by molar-refractivity contribution is 7.99. The predicted octanol–water partition coefficient (Wildman–Crippen LogP) is 2.94. The Labute approximate surface area is 121 Å². The van der Waals surface area contributed by atoms with Crippen molar-refractivity contribution in [3.8, 4) is 5.75 Å². The Bertz CT molecular complexity index is 516. The van der Waals surface area contributed by atoms with Crippen molar-refractivity contribution in [2.24, 2.45) is 0 Å². The second-order valence-corrected chi connectivity index (χ2v) is 5.40. The van der Waals surface area contributed by atoms with Gasteiger partial charge in [-0.3, -0.25) is 0 Å². The highest BCUT2D eigenvalue weighted by atomic mass is 32.2. The van der Waals surface area contributed by atoms with Gasteiger partial charge in [0.2, 0.25) is 0 Å². The molecule has 2 aromatic carbocycles. The smallest absolute Gasteiger partial charge is 0.124 e. The molecule has 0 radical (unpaired) electrons. The summed E-state index contributed by atoms with van der Waals surface area (Å²) >= 11 is 1.39. The van der Waals surface area contributed by atoms with Crippen molar-refractivity contribution in [3.63, 3.8) is 0 Å². The van der Waals surface area contributed by atoms with Crippen molar-refractivity contribution in [1.82, 2.24) is 0 Å². The quantitative estimate of drug-likeness (QED) is 0.635. The van der Waals surface area contributed by atoms with E-state index in [4.69, 9.17) is 10.5 Å². The fourth-order valence-electron chi connectivity index (χ4n) is 1.59. The van der Waals surface area contributed by atoms with E-state index < -0.39 is 6.10 Å². The van der Waals surface area contributed by atoms with Gasteiger partial charge in [0.15, 0.2) is 0 Å². The molecule has 0 bridgehead atoms. The minimum atomic E-state index is -0.635. The van der Waals surface area contributed by atoms with Crippen LogP contribution in [0.5, 0.6) is 5.75 Å². The molecule has 1 unspecified atom stereocenters. The molecule has 1 atom stereocenters. The molecule has 20 heavy (non-hydrogen) atoms. The maximum absolute atomic E-state index is 13.0. The number of hydrogen-bond acceptors (Lipinski definition) is 4. The van der Waals surface area contributed by atoms with Gasteiger partial charge in [0.05, 0.1) is 6.10 Å². The summed E-state index contributed by atoms with van der Waals surface area (Å²) in [5.74, 6) is 0.784. The van der Waals surface area contributed by atoms with Gasteiger partial charge in [-0.05, 0) is 30.3 Å². The molecule has 0 aliphatic carbocycles. The van der Waals surface area contributed by atoms with Crippen molar-refractivity contribution >= 4 is 17.4 Å². The Balaban J connectivity index is 1.77. The van der Waals surface area contributed by atoms with Crippen molar-refractivity contribution in [3.05, 3.63) is 54.3 Å². The number of benzene rings is 2. The van der Waals surface area contributed by atoms with Gasteiger partial charge in [-0.1, -0.05) is 12.1 Å². The van der Waals surface area contributed by atoms with Crippen molar-refractivity contribution in [2.75, 3.05) is 18.1 Å². The third kappa shape index (κ3) is 4.75. The number of hydrogen-bond donors (Lipinski definition) is 2. The summed E-state index contributed by atoms with van der Waals surface area (Å²) in [4.78, 5) is 0.785. The number of ether oxygens (including phenoxy) is 1. The molecule has 0 aromatic heterocycles. The number of aliphatic hydroxyl groups excluding tert-OH is 1. The largest absolute Gasteiger partial charge is 0.491 e. The maximum atomic E-state index is 13.0. The third-order valence-corrected chi connectivity index (χ3v) is 3.68. The number of rotatable bonds is 6. The molecule has 0 spiro atoms. The van der Waals surface area contributed by atoms with E-state index in [0.29, 0.717) is 17.2 Å². The SMILES string of the molecule is Nc1cccc(OCC(O)CSc2cccc(F)c2)c1. The van der Waals surface area contributed by atoms with Gasteiger partial charge in [0.1, 0.15) is 18.2 Å². The van der Waals surface area contributed by atoms with Crippen LogP contribution in [0.2, 0.25) is 0 Å². The van der Waals surface area contributed by atoms with Gasteiger partial charge >= 0.3 is 0 Å². The lowest BCUT2D eigenvalue weighted by Gasteiger charge is -2.12. The molecule has 0 amide bonds. The van der Waals surface area contributed by atoms with E-state index in [1.807, 2.05) is 0 Å². The summed E-state index contributed by atoms with van der Waals surface area (Å²) in [7, 11) is 0. The number of thioether (sulfide) groups is 1. The molecule has 0 saturated heterocycles. The van der Waals surface area contributed by atoms with Crippen LogP contribution in [0.25, 0.3) is 0 Å². The highest BCUT2D eigenvalue weighted by Gasteiger charge is 2.07. The zero-order chi connectivity index (χ0) is 14.4. The van der Waals surface area contributed by atoms with E-state index in [1.165, 1.54) is 23.9 Å². The monoisotopic (exact) mass is 293 g/mol. The Kier molecular flexibility index (Phi) is 5.26. The zero-order valence-electron chi connectivity index (χ0n) is 10.8. The lowest BCUT2D eigenvalue weighted by molar-refractivity contribution is 0.126. The fourth-order valence-corrected chi connectivity index (χ4v) is 2.45. The van der Waals surface area contributed by atoms with Gasteiger partial charge < -0.3 is 15.6 Å². The molecular weight excluding hydrogens is 277 g/mol. The molecular formula is C15H16FNO2S. The minimum absolute atomic E-state index is 0.172. The topological polar surface area (TPSA) is 55.5 Å². The van der Waals surface area contributed by atoms with Crippen molar-refractivity contribution in [1.29, 1.82) is 0 Å². The number of anilines is 1. The molecule has 5 heteroatoms. The predicted molar refractivity (Wildman–Crippen MR) is 79.5 cm³/mol. The van der Waals surface area contributed by atoms with Crippen molar-refractivity contribution in [2.45, 2.75) is 11.0 Å². The molecule has 0 aliphatic rings. The molecule has 2 aromatic rings. The van der Waals surface area contributed by atoms with E-state index in [2.05, 4.69) is 0 Å². The summed E-state index contributed by atoms with van der Waals surface area (Å²) in [5, 5.41) is 9.84. The van der Waals surface area contributed by atoms with E-state index in [1.54, 1.807) is 36.4 Å². The number of nitrogen functional groups attached to an aromatic ring is 1. The first-order valence-corrected chi connectivity index (χ1v) is 7.17. The third-order valence-electron chi connectivity index (χ3n) is 2.54. The van der Waals surface area contributed by atoms with Crippen LogP contribution in [0.4, 0.5) is 10.1 Å². The zero-order valence-corrected chi connectivity index (χ0v) is 11.6. The van der Waals surface area contributed by atoms with Gasteiger partial charge in [-0.15, -0.1) is 11.8 Å². The van der Waals surface area contributed by atoms with Gasteiger partial charge in [0, 0.05) is 22.4 Å². The van der Waals surface area contributed by atoms with E-state index >= 15 is 0 Å². The molecule has 0 fully saturated rings. The first kappa shape index (κ1) is 14.7. The minimum Gasteiger partial charge on any atom is -0.491 e. The second-order valence-electron chi connectivity index (χ2n) is 4.31. The van der Waals surface area contributed by atoms with Crippen LogP contribution in [0.1, 0.15) is 0 Å². The van der Waals surface area contributed by atoms with Gasteiger partial charge in [0.25, 0.3) is 0 Å². The molecule has 0 saturated carbocycles.